The quantitative estimate of drug-likeness (QED) is 0.756. The van der Waals surface area contributed by atoms with Crippen LogP contribution in [0.3, 0.4) is 0 Å². The van der Waals surface area contributed by atoms with Crippen LogP contribution < -0.4 is 4.72 Å². The van der Waals surface area contributed by atoms with E-state index in [9.17, 15) is 16.8 Å². The second-order valence-corrected chi connectivity index (χ2v) is 9.64. The van der Waals surface area contributed by atoms with E-state index < -0.39 is 24.9 Å². The molecule has 1 fully saturated rings. The van der Waals surface area contributed by atoms with Gasteiger partial charge in [-0.1, -0.05) is 13.8 Å². The number of sulfone groups is 1. The molecular formula is C8H16ClNO4S2. The minimum absolute atomic E-state index is 0.0848. The van der Waals surface area contributed by atoms with Crippen LogP contribution in [0.15, 0.2) is 0 Å². The van der Waals surface area contributed by atoms with Gasteiger partial charge in [-0.3, -0.25) is 0 Å². The highest BCUT2D eigenvalue weighted by Crippen LogP contribution is 2.44. The van der Waals surface area contributed by atoms with E-state index in [1.165, 1.54) is 0 Å². The Balaban J connectivity index is 2.70. The van der Waals surface area contributed by atoms with Crippen molar-refractivity contribution in [1.29, 1.82) is 0 Å². The maximum Gasteiger partial charge on any atom is 0.226 e. The maximum absolute atomic E-state index is 11.5. The lowest BCUT2D eigenvalue weighted by Gasteiger charge is -2.48. The van der Waals surface area contributed by atoms with E-state index in [1.54, 1.807) is 0 Å². The summed E-state index contributed by atoms with van der Waals surface area (Å²) in [7, 11) is -7.34. The van der Waals surface area contributed by atoms with Crippen molar-refractivity contribution < 1.29 is 16.8 Å². The van der Waals surface area contributed by atoms with Crippen molar-refractivity contribution >= 4 is 31.5 Å². The van der Waals surface area contributed by atoms with Crippen LogP contribution in [0.4, 0.5) is 0 Å². The monoisotopic (exact) mass is 289 g/mol. The summed E-state index contributed by atoms with van der Waals surface area (Å²) in [6.45, 7) is 3.70. The van der Waals surface area contributed by atoms with Crippen LogP contribution >= 0.6 is 11.6 Å². The molecule has 96 valence electrons. The lowest BCUT2D eigenvalue weighted by molar-refractivity contribution is 0.137. The molecule has 2 unspecified atom stereocenters. The van der Waals surface area contributed by atoms with Gasteiger partial charge < -0.3 is 0 Å². The summed E-state index contributed by atoms with van der Waals surface area (Å²) in [6, 6.07) is -0.290. The molecule has 0 aromatic rings. The van der Waals surface area contributed by atoms with Crippen LogP contribution in [0.5, 0.6) is 0 Å². The third kappa shape index (κ3) is 3.32. The highest BCUT2D eigenvalue weighted by molar-refractivity contribution is 8.06. The molecule has 0 bridgehead atoms. The van der Waals surface area contributed by atoms with Crippen molar-refractivity contribution in [3.05, 3.63) is 0 Å². The second kappa shape index (κ2) is 4.12. The van der Waals surface area contributed by atoms with Crippen LogP contribution in [0.2, 0.25) is 0 Å². The van der Waals surface area contributed by atoms with Gasteiger partial charge in [0.15, 0.2) is 14.9 Å². The summed E-state index contributed by atoms with van der Waals surface area (Å²) < 4.78 is 47.2. The molecule has 16 heavy (non-hydrogen) atoms. The van der Waals surface area contributed by atoms with E-state index in [-0.39, 0.29) is 16.8 Å². The number of hydrogen-bond donors (Lipinski definition) is 1. The molecule has 0 saturated heterocycles. The van der Waals surface area contributed by atoms with E-state index in [0.717, 1.165) is 6.26 Å². The summed E-state index contributed by atoms with van der Waals surface area (Å²) >= 11 is 5.94. The molecule has 8 heteroatoms. The Labute approximate surface area is 102 Å². The van der Waals surface area contributed by atoms with Gasteiger partial charge in [-0.2, -0.15) is 0 Å². The Morgan fingerprint density at radius 2 is 1.81 bits per heavy atom. The summed E-state index contributed by atoms with van der Waals surface area (Å²) in [5, 5.41) is -0.960. The molecule has 1 rings (SSSR count). The third-order valence-electron chi connectivity index (χ3n) is 2.84. The van der Waals surface area contributed by atoms with Gasteiger partial charge in [-0.25, -0.2) is 21.6 Å². The molecule has 1 aliphatic carbocycles. The fraction of sp³-hybridized carbons (Fsp3) is 1.00. The molecule has 0 radical (unpaired) electrons. The fourth-order valence-electron chi connectivity index (χ4n) is 1.60. The number of rotatable bonds is 4. The van der Waals surface area contributed by atoms with E-state index in [0.29, 0.717) is 6.42 Å². The molecule has 0 amide bonds. The predicted molar refractivity (Wildman–Crippen MR) is 63.6 cm³/mol. The van der Waals surface area contributed by atoms with Crippen LogP contribution in [0.25, 0.3) is 0 Å². The first-order valence-electron chi connectivity index (χ1n) is 4.76. The number of halogens is 1. The standard InChI is InChI=1S/C8H16ClNO4S2/c1-8(2)6(9)4-7(8)10-16(13,14)5-15(3,11)12/h6-7,10H,4-5H2,1-3H3. The van der Waals surface area contributed by atoms with Crippen LogP contribution in [0.1, 0.15) is 20.3 Å². The van der Waals surface area contributed by atoms with Gasteiger partial charge in [-0.05, 0) is 11.8 Å². The average molecular weight is 290 g/mol. The highest BCUT2D eigenvalue weighted by atomic mass is 35.5. The first-order chi connectivity index (χ1) is 6.94. The molecule has 1 saturated carbocycles. The third-order valence-corrected chi connectivity index (χ3v) is 7.18. The fourth-order valence-corrected chi connectivity index (χ4v) is 5.30. The predicted octanol–water partition coefficient (Wildman–Crippen LogP) is 0.314. The number of sulfonamides is 1. The maximum atomic E-state index is 11.5. The normalized spacial score (nSPS) is 29.8. The van der Waals surface area contributed by atoms with Gasteiger partial charge in [0.1, 0.15) is 0 Å². The number of alkyl halides is 1. The Bertz CT molecular complexity index is 468. The van der Waals surface area contributed by atoms with Crippen molar-refractivity contribution in [1.82, 2.24) is 4.72 Å². The molecule has 2 atom stereocenters. The molecule has 0 aliphatic heterocycles. The Morgan fingerprint density at radius 1 is 1.31 bits per heavy atom. The molecule has 5 nitrogen and oxygen atoms in total. The minimum atomic E-state index is -3.79. The zero-order valence-electron chi connectivity index (χ0n) is 9.40. The topological polar surface area (TPSA) is 80.3 Å². The highest BCUT2D eigenvalue weighted by Gasteiger charge is 2.48. The SMILES string of the molecule is CC1(C)C(Cl)CC1NS(=O)(=O)CS(C)(=O)=O. The van der Waals surface area contributed by atoms with Crippen molar-refractivity contribution in [2.24, 2.45) is 5.41 Å². The molecular weight excluding hydrogens is 274 g/mol. The van der Waals surface area contributed by atoms with E-state index in [1.807, 2.05) is 13.8 Å². The lowest BCUT2D eigenvalue weighted by atomic mass is 9.67. The second-order valence-electron chi connectivity index (χ2n) is 4.85. The van der Waals surface area contributed by atoms with Gasteiger partial charge in [0.2, 0.25) is 10.0 Å². The van der Waals surface area contributed by atoms with Gasteiger partial charge >= 0.3 is 0 Å². The van der Waals surface area contributed by atoms with Crippen molar-refractivity contribution in [2.75, 3.05) is 11.3 Å². The molecule has 0 heterocycles. The molecule has 0 aromatic carbocycles. The Kier molecular flexibility index (Phi) is 3.66. The van der Waals surface area contributed by atoms with Crippen molar-refractivity contribution in [3.8, 4) is 0 Å². The Morgan fingerprint density at radius 3 is 2.12 bits per heavy atom. The molecule has 1 aliphatic rings. The lowest BCUT2D eigenvalue weighted by Crippen LogP contribution is -2.59. The Hall–Kier alpha value is 0.150. The molecule has 1 N–H and O–H groups in total. The zero-order chi connectivity index (χ0) is 12.8. The van der Waals surface area contributed by atoms with E-state index in [4.69, 9.17) is 11.6 Å². The van der Waals surface area contributed by atoms with Gasteiger partial charge in [-0.15, -0.1) is 11.6 Å². The minimum Gasteiger partial charge on any atom is -0.228 e. The summed E-state index contributed by atoms with van der Waals surface area (Å²) in [4.78, 5) is 0. The van der Waals surface area contributed by atoms with Gasteiger partial charge in [0.05, 0.1) is 0 Å². The first-order valence-corrected chi connectivity index (χ1v) is 8.91. The largest absolute Gasteiger partial charge is 0.228 e. The number of nitrogens with one attached hydrogen (secondary N) is 1. The summed E-state index contributed by atoms with van der Waals surface area (Å²) in [5.41, 5.74) is -0.341. The van der Waals surface area contributed by atoms with E-state index >= 15 is 0 Å². The van der Waals surface area contributed by atoms with Gasteiger partial charge in [0, 0.05) is 17.7 Å². The zero-order valence-corrected chi connectivity index (χ0v) is 11.8. The van der Waals surface area contributed by atoms with Crippen molar-refractivity contribution in [3.63, 3.8) is 0 Å². The average Bonchev–Trinajstić information content (AvgIpc) is 1.98. The number of hydrogen-bond acceptors (Lipinski definition) is 4. The molecule has 0 aromatic heterocycles. The van der Waals surface area contributed by atoms with Crippen LogP contribution in [0, 0.1) is 5.41 Å². The molecule has 0 spiro atoms. The van der Waals surface area contributed by atoms with Crippen LogP contribution in [-0.4, -0.2) is 39.6 Å². The summed E-state index contributed by atoms with van der Waals surface area (Å²) in [5.74, 6) is 0. The smallest absolute Gasteiger partial charge is 0.226 e. The summed E-state index contributed by atoms with van der Waals surface area (Å²) in [6.07, 6.45) is 1.42. The van der Waals surface area contributed by atoms with Crippen LogP contribution in [-0.2, 0) is 19.9 Å². The van der Waals surface area contributed by atoms with Gasteiger partial charge in [0.25, 0.3) is 0 Å². The first kappa shape index (κ1) is 14.2. The van der Waals surface area contributed by atoms with Crippen molar-refractivity contribution in [2.45, 2.75) is 31.7 Å². The van der Waals surface area contributed by atoms with E-state index in [2.05, 4.69) is 4.72 Å².